The molecule has 0 atom stereocenters. The number of hydrogen-bond donors (Lipinski definition) is 2. The molecule has 0 saturated carbocycles. The molecule has 120 valence electrons. The lowest BCUT2D eigenvalue weighted by molar-refractivity contribution is -0.140. The summed E-state index contributed by atoms with van der Waals surface area (Å²) in [6, 6.07) is 9.99. The van der Waals surface area contributed by atoms with Crippen molar-refractivity contribution >= 4 is 46.5 Å². The van der Waals surface area contributed by atoms with Crippen molar-refractivity contribution in [2.24, 2.45) is 0 Å². The van der Waals surface area contributed by atoms with E-state index in [0.717, 1.165) is 5.56 Å². The number of nitrogens with one attached hydrogen (secondary N) is 1. The summed E-state index contributed by atoms with van der Waals surface area (Å²) < 4.78 is 4.71. The van der Waals surface area contributed by atoms with Crippen molar-refractivity contribution in [2.75, 3.05) is 11.9 Å². The summed E-state index contributed by atoms with van der Waals surface area (Å²) in [4.78, 5) is 22.5. The van der Waals surface area contributed by atoms with Gasteiger partial charge in [-0.2, -0.15) is 0 Å². The highest BCUT2D eigenvalue weighted by Gasteiger charge is 2.16. The van der Waals surface area contributed by atoms with Gasteiger partial charge >= 0.3 is 11.9 Å². The van der Waals surface area contributed by atoms with Crippen LogP contribution in [0.1, 0.15) is 15.9 Å². The number of para-hydroxylation sites is 1. The molecule has 0 unspecified atom stereocenters. The maximum atomic E-state index is 12.0. The molecule has 5 nitrogen and oxygen atoms in total. The number of ether oxygens (including phenoxy) is 1. The predicted molar refractivity (Wildman–Crippen MR) is 88.8 cm³/mol. The van der Waals surface area contributed by atoms with Gasteiger partial charge in [-0.3, -0.25) is 0 Å². The number of carbonyl (C=O) groups excluding carboxylic acids is 1. The first kappa shape index (κ1) is 17.1. The summed E-state index contributed by atoms with van der Waals surface area (Å²) in [5.41, 5.74) is 1.89. The Morgan fingerprint density at radius 2 is 1.87 bits per heavy atom. The van der Waals surface area contributed by atoms with E-state index in [4.69, 9.17) is 33.0 Å². The zero-order valence-corrected chi connectivity index (χ0v) is 13.6. The van der Waals surface area contributed by atoms with Crippen LogP contribution in [0.4, 0.5) is 11.4 Å². The molecular formula is C16H13Cl2NO4. The SMILES string of the molecule is Cc1ccc(Cl)c(Nc2ccccc2C(=O)OCC(=O)O)c1Cl. The lowest BCUT2D eigenvalue weighted by atomic mass is 10.1. The van der Waals surface area contributed by atoms with Crippen LogP contribution in [0.5, 0.6) is 0 Å². The van der Waals surface area contributed by atoms with Crippen LogP contribution in [0, 0.1) is 6.92 Å². The van der Waals surface area contributed by atoms with E-state index in [1.54, 1.807) is 30.3 Å². The number of hydrogen-bond acceptors (Lipinski definition) is 4. The smallest absolute Gasteiger partial charge is 0.341 e. The van der Waals surface area contributed by atoms with Crippen molar-refractivity contribution in [2.45, 2.75) is 6.92 Å². The average Bonchev–Trinajstić information content (AvgIpc) is 2.53. The van der Waals surface area contributed by atoms with Gasteiger partial charge in [0.1, 0.15) is 0 Å². The third kappa shape index (κ3) is 4.15. The van der Waals surface area contributed by atoms with Crippen LogP contribution in [0.25, 0.3) is 0 Å². The van der Waals surface area contributed by atoms with Gasteiger partial charge in [-0.1, -0.05) is 41.4 Å². The van der Waals surface area contributed by atoms with E-state index in [1.165, 1.54) is 6.07 Å². The van der Waals surface area contributed by atoms with Gasteiger partial charge in [0, 0.05) is 0 Å². The monoisotopic (exact) mass is 353 g/mol. The second kappa shape index (κ2) is 7.35. The van der Waals surface area contributed by atoms with E-state index >= 15 is 0 Å². The quantitative estimate of drug-likeness (QED) is 0.784. The van der Waals surface area contributed by atoms with Crippen LogP contribution in [-0.4, -0.2) is 23.7 Å². The largest absolute Gasteiger partial charge is 0.479 e. The van der Waals surface area contributed by atoms with Gasteiger partial charge in [0.05, 0.1) is 27.0 Å². The van der Waals surface area contributed by atoms with Crippen LogP contribution in [0.3, 0.4) is 0 Å². The highest BCUT2D eigenvalue weighted by Crippen LogP contribution is 2.36. The Kier molecular flexibility index (Phi) is 5.47. The molecule has 0 amide bonds. The number of carboxylic acid groups (broad SMARTS) is 1. The molecule has 0 fully saturated rings. The summed E-state index contributed by atoms with van der Waals surface area (Å²) in [5, 5.41) is 12.4. The predicted octanol–water partition coefficient (Wildman–Crippen LogP) is 4.29. The van der Waals surface area contributed by atoms with Gasteiger partial charge in [-0.25, -0.2) is 9.59 Å². The Labute approximate surface area is 142 Å². The Morgan fingerprint density at radius 1 is 1.17 bits per heavy atom. The van der Waals surface area contributed by atoms with E-state index in [9.17, 15) is 9.59 Å². The molecule has 0 aliphatic rings. The molecule has 0 aromatic heterocycles. The normalized spacial score (nSPS) is 10.2. The number of benzene rings is 2. The summed E-state index contributed by atoms with van der Waals surface area (Å²) >= 11 is 12.4. The van der Waals surface area contributed by atoms with Crippen molar-refractivity contribution in [3.05, 3.63) is 57.6 Å². The van der Waals surface area contributed by atoms with E-state index < -0.39 is 18.5 Å². The Morgan fingerprint density at radius 3 is 2.57 bits per heavy atom. The number of esters is 1. The number of aliphatic carboxylic acids is 1. The van der Waals surface area contributed by atoms with Gasteiger partial charge in [0.25, 0.3) is 0 Å². The van der Waals surface area contributed by atoms with Crippen molar-refractivity contribution in [3.8, 4) is 0 Å². The molecule has 0 bridgehead atoms. The molecule has 2 aromatic carbocycles. The first-order valence-corrected chi connectivity index (χ1v) is 7.35. The molecule has 0 saturated heterocycles. The summed E-state index contributed by atoms with van der Waals surface area (Å²) in [7, 11) is 0. The first-order valence-electron chi connectivity index (χ1n) is 6.59. The van der Waals surface area contributed by atoms with Crippen molar-refractivity contribution in [3.63, 3.8) is 0 Å². The minimum atomic E-state index is -1.23. The van der Waals surface area contributed by atoms with Gasteiger partial charge in [0.15, 0.2) is 6.61 Å². The minimum absolute atomic E-state index is 0.183. The zero-order valence-electron chi connectivity index (χ0n) is 12.1. The first-order chi connectivity index (χ1) is 10.9. The van der Waals surface area contributed by atoms with Crippen molar-refractivity contribution in [1.82, 2.24) is 0 Å². The maximum absolute atomic E-state index is 12.0. The number of aryl methyl sites for hydroxylation is 1. The van der Waals surface area contributed by atoms with E-state index in [2.05, 4.69) is 5.32 Å². The third-order valence-electron chi connectivity index (χ3n) is 3.02. The molecule has 0 aliphatic heterocycles. The summed E-state index contributed by atoms with van der Waals surface area (Å²) in [5.74, 6) is -1.98. The average molecular weight is 354 g/mol. The molecule has 2 N–H and O–H groups in total. The lowest BCUT2D eigenvalue weighted by Crippen LogP contribution is -2.14. The van der Waals surface area contributed by atoms with E-state index in [1.807, 2.05) is 6.92 Å². The van der Waals surface area contributed by atoms with Crippen LogP contribution in [0.2, 0.25) is 10.0 Å². The number of anilines is 2. The molecule has 0 radical (unpaired) electrons. The molecule has 0 heterocycles. The molecule has 0 spiro atoms. The van der Waals surface area contributed by atoms with Crippen molar-refractivity contribution < 1.29 is 19.4 Å². The minimum Gasteiger partial charge on any atom is -0.479 e. The van der Waals surface area contributed by atoms with Crippen molar-refractivity contribution in [1.29, 1.82) is 0 Å². The number of carbonyl (C=O) groups is 2. The number of halogens is 2. The number of carboxylic acids is 1. The molecule has 23 heavy (non-hydrogen) atoms. The topological polar surface area (TPSA) is 75.6 Å². The fraction of sp³-hybridized carbons (Fsp3) is 0.125. The van der Waals surface area contributed by atoms with Gasteiger partial charge < -0.3 is 15.2 Å². The number of rotatable bonds is 5. The van der Waals surface area contributed by atoms with Crippen LogP contribution in [-0.2, 0) is 9.53 Å². The molecular weight excluding hydrogens is 341 g/mol. The summed E-state index contributed by atoms with van der Waals surface area (Å²) in [6.07, 6.45) is 0. The molecule has 2 aromatic rings. The second-order valence-electron chi connectivity index (χ2n) is 4.69. The van der Waals surface area contributed by atoms with Crippen LogP contribution < -0.4 is 5.32 Å². The second-order valence-corrected chi connectivity index (χ2v) is 5.48. The van der Waals surface area contributed by atoms with Gasteiger partial charge in [0.2, 0.25) is 0 Å². The van der Waals surface area contributed by atoms with E-state index in [-0.39, 0.29) is 5.56 Å². The molecule has 7 heteroatoms. The van der Waals surface area contributed by atoms with Crippen LogP contribution in [0.15, 0.2) is 36.4 Å². The fourth-order valence-corrected chi connectivity index (χ4v) is 2.35. The fourth-order valence-electron chi connectivity index (χ4n) is 1.88. The Balaban J connectivity index is 2.33. The standard InChI is InChI=1S/C16H13Cl2NO4/c1-9-6-7-11(17)15(14(9)18)19-12-5-3-2-4-10(12)16(22)23-8-13(20)21/h2-7,19H,8H2,1H3,(H,20,21). The van der Waals surface area contributed by atoms with Crippen LogP contribution >= 0.6 is 23.2 Å². The highest BCUT2D eigenvalue weighted by atomic mass is 35.5. The highest BCUT2D eigenvalue weighted by molar-refractivity contribution is 6.39. The molecule has 2 rings (SSSR count). The summed E-state index contributed by atoms with van der Waals surface area (Å²) in [6.45, 7) is 1.12. The molecule has 0 aliphatic carbocycles. The van der Waals surface area contributed by atoms with Gasteiger partial charge in [-0.05, 0) is 30.7 Å². The Bertz CT molecular complexity index is 762. The Hall–Kier alpha value is -2.24. The maximum Gasteiger partial charge on any atom is 0.341 e. The zero-order chi connectivity index (χ0) is 17.0. The lowest BCUT2D eigenvalue weighted by Gasteiger charge is -2.14. The van der Waals surface area contributed by atoms with E-state index in [0.29, 0.717) is 21.4 Å². The van der Waals surface area contributed by atoms with Gasteiger partial charge in [-0.15, -0.1) is 0 Å². The third-order valence-corrected chi connectivity index (χ3v) is 3.82.